The van der Waals surface area contributed by atoms with Gasteiger partial charge in [-0.25, -0.2) is 0 Å². The summed E-state index contributed by atoms with van der Waals surface area (Å²) in [6.07, 6.45) is -0.140. The number of methoxy groups -OCH3 is 1. The van der Waals surface area contributed by atoms with Gasteiger partial charge in [-0.1, -0.05) is 36.4 Å². The minimum absolute atomic E-state index is 0.140. The molecule has 0 atom stereocenters. The summed E-state index contributed by atoms with van der Waals surface area (Å²) >= 11 is 0. The Morgan fingerprint density at radius 1 is 1.05 bits per heavy atom. The second kappa shape index (κ2) is 6.70. The van der Waals surface area contributed by atoms with Crippen LogP contribution < -0.4 is 10.1 Å². The molecule has 0 aliphatic heterocycles. The van der Waals surface area contributed by atoms with Crippen molar-refractivity contribution in [3.63, 3.8) is 0 Å². The van der Waals surface area contributed by atoms with Gasteiger partial charge in [0.1, 0.15) is 11.5 Å². The lowest BCUT2D eigenvalue weighted by molar-refractivity contribution is -0.124. The molecule has 0 saturated heterocycles. The van der Waals surface area contributed by atoms with E-state index in [1.807, 2.05) is 42.5 Å². The predicted molar refractivity (Wildman–Crippen MR) is 82.4 cm³/mol. The van der Waals surface area contributed by atoms with Gasteiger partial charge in [-0.15, -0.1) is 0 Å². The normalized spacial score (nSPS) is 10.0. The number of hydrogen-bond donors (Lipinski definition) is 1. The Morgan fingerprint density at radius 3 is 2.38 bits per heavy atom. The van der Waals surface area contributed by atoms with Gasteiger partial charge >= 0.3 is 0 Å². The van der Waals surface area contributed by atoms with E-state index < -0.39 is 0 Å². The predicted octanol–water partition coefficient (Wildman–Crippen LogP) is 3.28. The molecule has 0 unspecified atom stereocenters. The van der Waals surface area contributed by atoms with Gasteiger partial charge in [0.15, 0.2) is 0 Å². The third kappa shape index (κ3) is 3.92. The number of hydrogen-bond acceptors (Lipinski definition) is 3. The van der Waals surface area contributed by atoms with Gasteiger partial charge in [0.25, 0.3) is 0 Å². The van der Waals surface area contributed by atoms with E-state index >= 15 is 0 Å². The molecule has 1 N–H and O–H groups in total. The van der Waals surface area contributed by atoms with Crippen LogP contribution in [0.2, 0.25) is 0 Å². The third-order valence-electron chi connectivity index (χ3n) is 2.99. The molecule has 0 bridgehead atoms. The zero-order chi connectivity index (χ0) is 15.2. The van der Waals surface area contributed by atoms with Crippen LogP contribution in [0.15, 0.2) is 48.5 Å². The Morgan fingerprint density at radius 2 is 1.76 bits per heavy atom. The van der Waals surface area contributed by atoms with E-state index in [1.165, 1.54) is 14.0 Å². The molecule has 4 heteroatoms. The largest absolute Gasteiger partial charge is 0.495 e. The maximum absolute atomic E-state index is 11.8. The highest BCUT2D eigenvalue weighted by Gasteiger charge is 2.11. The van der Waals surface area contributed by atoms with E-state index in [2.05, 4.69) is 5.32 Å². The van der Waals surface area contributed by atoms with Crippen LogP contribution in [0.5, 0.6) is 5.75 Å². The van der Waals surface area contributed by atoms with Crippen LogP contribution in [0.3, 0.4) is 0 Å². The minimum atomic E-state index is -0.342. The SMILES string of the molecule is COc1ccc(-c2ccccc2)cc1NC(=O)CC(C)=O. The smallest absolute Gasteiger partial charge is 0.231 e. The van der Waals surface area contributed by atoms with Crippen molar-refractivity contribution in [2.45, 2.75) is 13.3 Å². The lowest BCUT2D eigenvalue weighted by Crippen LogP contribution is -2.15. The number of Topliss-reactive ketones (excluding diaryl/α,β-unsaturated/α-hetero) is 1. The molecule has 0 aliphatic carbocycles. The fourth-order valence-electron chi connectivity index (χ4n) is 2.04. The number of nitrogens with one attached hydrogen (secondary N) is 1. The molecule has 2 aromatic carbocycles. The number of rotatable bonds is 5. The molecule has 0 aromatic heterocycles. The van der Waals surface area contributed by atoms with Gasteiger partial charge in [0.05, 0.1) is 19.2 Å². The number of benzene rings is 2. The monoisotopic (exact) mass is 283 g/mol. The van der Waals surface area contributed by atoms with Crippen LogP contribution >= 0.6 is 0 Å². The molecule has 0 spiro atoms. The Hall–Kier alpha value is -2.62. The highest BCUT2D eigenvalue weighted by molar-refractivity contribution is 6.04. The Balaban J connectivity index is 2.30. The summed E-state index contributed by atoms with van der Waals surface area (Å²) in [5, 5.41) is 2.72. The lowest BCUT2D eigenvalue weighted by Gasteiger charge is -2.12. The lowest BCUT2D eigenvalue weighted by atomic mass is 10.0. The molecule has 2 aromatic rings. The van der Waals surface area contributed by atoms with Crippen LogP contribution in [0.25, 0.3) is 11.1 Å². The Bertz CT molecular complexity index is 650. The first-order valence-corrected chi connectivity index (χ1v) is 6.63. The zero-order valence-electron chi connectivity index (χ0n) is 12.1. The molecule has 0 aliphatic rings. The van der Waals surface area contributed by atoms with E-state index in [0.717, 1.165) is 11.1 Å². The van der Waals surface area contributed by atoms with E-state index in [4.69, 9.17) is 4.74 Å². The third-order valence-corrected chi connectivity index (χ3v) is 2.99. The molecular formula is C17H17NO3. The average molecular weight is 283 g/mol. The van der Waals surface area contributed by atoms with Crippen molar-refractivity contribution in [2.75, 3.05) is 12.4 Å². The van der Waals surface area contributed by atoms with Gasteiger partial charge in [-0.3, -0.25) is 9.59 Å². The summed E-state index contributed by atoms with van der Waals surface area (Å²) in [6.45, 7) is 1.39. The van der Waals surface area contributed by atoms with Crippen molar-refractivity contribution in [1.29, 1.82) is 0 Å². The molecule has 0 fully saturated rings. The highest BCUT2D eigenvalue weighted by atomic mass is 16.5. The van der Waals surface area contributed by atoms with Gasteiger partial charge in [-0.2, -0.15) is 0 Å². The van der Waals surface area contributed by atoms with E-state index in [-0.39, 0.29) is 18.1 Å². The molecule has 2 rings (SSSR count). The number of anilines is 1. The zero-order valence-corrected chi connectivity index (χ0v) is 12.1. The number of ether oxygens (including phenoxy) is 1. The molecule has 21 heavy (non-hydrogen) atoms. The fourth-order valence-corrected chi connectivity index (χ4v) is 2.04. The Kier molecular flexibility index (Phi) is 4.72. The van der Waals surface area contributed by atoms with Crippen LogP contribution in [0.1, 0.15) is 13.3 Å². The highest BCUT2D eigenvalue weighted by Crippen LogP contribution is 2.30. The van der Waals surface area contributed by atoms with Gasteiger partial charge in [0.2, 0.25) is 5.91 Å². The molecule has 1 amide bonds. The topological polar surface area (TPSA) is 55.4 Å². The van der Waals surface area contributed by atoms with Crippen molar-refractivity contribution < 1.29 is 14.3 Å². The van der Waals surface area contributed by atoms with E-state index in [9.17, 15) is 9.59 Å². The number of carbonyl (C=O) groups excluding carboxylic acids is 2. The fraction of sp³-hybridized carbons (Fsp3) is 0.176. The maximum Gasteiger partial charge on any atom is 0.231 e. The molecular weight excluding hydrogens is 266 g/mol. The molecule has 0 heterocycles. The van der Waals surface area contributed by atoms with Crippen molar-refractivity contribution in [3.8, 4) is 16.9 Å². The van der Waals surface area contributed by atoms with Crippen molar-refractivity contribution in [2.24, 2.45) is 0 Å². The molecule has 0 radical (unpaired) electrons. The van der Waals surface area contributed by atoms with E-state index in [0.29, 0.717) is 11.4 Å². The maximum atomic E-state index is 11.8. The number of ketones is 1. The number of amides is 1. The van der Waals surface area contributed by atoms with Gasteiger partial charge < -0.3 is 10.1 Å². The summed E-state index contributed by atoms with van der Waals surface area (Å²) in [5.41, 5.74) is 2.57. The van der Waals surface area contributed by atoms with Crippen molar-refractivity contribution >= 4 is 17.4 Å². The summed E-state index contributed by atoms with van der Waals surface area (Å²) in [6, 6.07) is 15.4. The molecule has 4 nitrogen and oxygen atoms in total. The quantitative estimate of drug-likeness (QED) is 0.857. The van der Waals surface area contributed by atoms with Gasteiger partial charge in [-0.05, 0) is 30.2 Å². The van der Waals surface area contributed by atoms with Crippen LogP contribution in [-0.4, -0.2) is 18.8 Å². The van der Waals surface area contributed by atoms with Crippen LogP contribution in [0, 0.1) is 0 Å². The summed E-state index contributed by atoms with van der Waals surface area (Å²) in [7, 11) is 1.54. The standard InChI is InChI=1S/C17H17NO3/c1-12(19)10-17(20)18-15-11-14(8-9-16(15)21-2)13-6-4-3-5-7-13/h3-9,11H,10H2,1-2H3,(H,18,20). The van der Waals surface area contributed by atoms with Crippen molar-refractivity contribution in [3.05, 3.63) is 48.5 Å². The second-order valence-corrected chi connectivity index (χ2v) is 4.71. The minimum Gasteiger partial charge on any atom is -0.495 e. The molecule has 0 saturated carbocycles. The van der Waals surface area contributed by atoms with E-state index in [1.54, 1.807) is 6.07 Å². The van der Waals surface area contributed by atoms with Crippen molar-refractivity contribution in [1.82, 2.24) is 0 Å². The second-order valence-electron chi connectivity index (χ2n) is 4.71. The Labute approximate surface area is 123 Å². The summed E-state index contributed by atoms with van der Waals surface area (Å²) in [5.74, 6) is 0.0447. The summed E-state index contributed by atoms with van der Waals surface area (Å²) < 4.78 is 5.24. The van der Waals surface area contributed by atoms with Gasteiger partial charge in [0, 0.05) is 0 Å². The summed E-state index contributed by atoms with van der Waals surface area (Å²) in [4.78, 5) is 22.7. The van der Waals surface area contributed by atoms with Crippen LogP contribution in [-0.2, 0) is 9.59 Å². The van der Waals surface area contributed by atoms with Crippen LogP contribution in [0.4, 0.5) is 5.69 Å². The average Bonchev–Trinajstić information content (AvgIpc) is 2.47. The molecule has 108 valence electrons. The first kappa shape index (κ1) is 14.8. The number of carbonyl (C=O) groups is 2. The first-order valence-electron chi connectivity index (χ1n) is 6.63. The first-order chi connectivity index (χ1) is 10.1.